The van der Waals surface area contributed by atoms with E-state index in [1.807, 2.05) is 54.6 Å². The second kappa shape index (κ2) is 9.94. The fourth-order valence-electron chi connectivity index (χ4n) is 3.65. The van der Waals surface area contributed by atoms with E-state index in [2.05, 4.69) is 46.7 Å². The maximum atomic E-state index is 12.9. The van der Waals surface area contributed by atoms with Crippen LogP contribution in [0.5, 0.6) is 0 Å². The molecule has 0 unspecified atom stereocenters. The lowest BCUT2D eigenvalue weighted by Gasteiger charge is -2.35. The zero-order chi connectivity index (χ0) is 22.4. The van der Waals surface area contributed by atoms with E-state index >= 15 is 0 Å². The maximum absolute atomic E-state index is 12.9. The van der Waals surface area contributed by atoms with E-state index in [9.17, 15) is 9.59 Å². The first kappa shape index (κ1) is 22.0. The Labute approximate surface area is 195 Å². The summed E-state index contributed by atoms with van der Waals surface area (Å²) in [6.07, 6.45) is -0.219. The lowest BCUT2D eigenvalue weighted by atomic mass is 9.84. The van der Waals surface area contributed by atoms with E-state index < -0.39 is 4.75 Å². The molecule has 160 valence electrons. The van der Waals surface area contributed by atoms with Crippen molar-refractivity contribution < 1.29 is 9.59 Å². The van der Waals surface area contributed by atoms with Crippen molar-refractivity contribution in [2.75, 3.05) is 7.05 Å². The lowest BCUT2D eigenvalue weighted by molar-refractivity contribution is -0.119. The Bertz CT molecular complexity index is 1100. The van der Waals surface area contributed by atoms with Crippen LogP contribution in [0.3, 0.4) is 0 Å². The molecule has 0 bridgehead atoms. The van der Waals surface area contributed by atoms with Gasteiger partial charge in [0.2, 0.25) is 5.91 Å². The SMILES string of the molecule is CNC(=O)CC(=O)c1ncsc1SC(c1ccccc1)(c1ccccc1)c1ccccc1. The van der Waals surface area contributed by atoms with Crippen molar-refractivity contribution in [3.63, 3.8) is 0 Å². The van der Waals surface area contributed by atoms with E-state index in [-0.39, 0.29) is 18.1 Å². The Morgan fingerprint density at radius 1 is 0.844 bits per heavy atom. The van der Waals surface area contributed by atoms with Gasteiger partial charge in [0.25, 0.3) is 0 Å². The van der Waals surface area contributed by atoms with Crippen molar-refractivity contribution in [2.45, 2.75) is 15.4 Å². The second-order valence-electron chi connectivity index (χ2n) is 7.14. The van der Waals surface area contributed by atoms with Gasteiger partial charge in [-0.2, -0.15) is 0 Å². The van der Waals surface area contributed by atoms with Gasteiger partial charge in [-0.3, -0.25) is 9.59 Å². The molecule has 3 aromatic carbocycles. The third-order valence-electron chi connectivity index (χ3n) is 5.19. The van der Waals surface area contributed by atoms with Crippen molar-refractivity contribution in [3.05, 3.63) is 119 Å². The summed E-state index contributed by atoms with van der Waals surface area (Å²) < 4.78 is 0.189. The van der Waals surface area contributed by atoms with Gasteiger partial charge in [-0.15, -0.1) is 11.3 Å². The number of hydrogen-bond donors (Lipinski definition) is 1. The highest BCUT2D eigenvalue weighted by molar-refractivity contribution is 8.02. The number of carbonyl (C=O) groups is 2. The van der Waals surface area contributed by atoms with Gasteiger partial charge in [-0.1, -0.05) is 103 Å². The van der Waals surface area contributed by atoms with Crippen molar-refractivity contribution >= 4 is 34.8 Å². The fourth-order valence-corrected chi connectivity index (χ4v) is 6.18. The van der Waals surface area contributed by atoms with Crippen molar-refractivity contribution in [1.82, 2.24) is 10.3 Å². The van der Waals surface area contributed by atoms with Crippen LogP contribution in [-0.2, 0) is 9.54 Å². The van der Waals surface area contributed by atoms with Gasteiger partial charge in [0.1, 0.15) is 5.69 Å². The molecule has 6 heteroatoms. The third-order valence-corrected chi connectivity index (χ3v) is 7.73. The minimum Gasteiger partial charge on any atom is -0.359 e. The molecule has 0 fully saturated rings. The molecule has 0 aliphatic heterocycles. The molecule has 4 aromatic rings. The molecule has 4 rings (SSSR count). The van der Waals surface area contributed by atoms with Gasteiger partial charge in [0, 0.05) is 7.05 Å². The second-order valence-corrected chi connectivity index (χ2v) is 9.48. The average molecular weight is 459 g/mol. The molecule has 32 heavy (non-hydrogen) atoms. The third kappa shape index (κ3) is 4.38. The molecule has 0 aliphatic rings. The molecule has 0 atom stereocenters. The molecular formula is C26H22N2O2S2. The Morgan fingerprint density at radius 2 is 1.31 bits per heavy atom. The van der Waals surface area contributed by atoms with Crippen molar-refractivity contribution in [3.8, 4) is 0 Å². The van der Waals surface area contributed by atoms with Gasteiger partial charge < -0.3 is 5.32 Å². The van der Waals surface area contributed by atoms with E-state index in [0.29, 0.717) is 5.69 Å². The number of thiazole rings is 1. The Morgan fingerprint density at radius 3 is 1.75 bits per heavy atom. The molecule has 0 radical (unpaired) electrons. The van der Waals surface area contributed by atoms with Gasteiger partial charge >= 0.3 is 0 Å². The summed E-state index contributed by atoms with van der Waals surface area (Å²) in [4.78, 5) is 29.0. The molecule has 0 saturated carbocycles. The Balaban J connectivity index is 1.90. The van der Waals surface area contributed by atoms with Crippen LogP contribution in [0.1, 0.15) is 33.6 Å². The topological polar surface area (TPSA) is 59.1 Å². The maximum Gasteiger partial charge on any atom is 0.227 e. The predicted octanol–water partition coefficient (Wildman–Crippen LogP) is 5.55. The molecule has 1 aromatic heterocycles. The minimum atomic E-state index is -0.599. The Hall–Kier alpha value is -3.22. The van der Waals surface area contributed by atoms with Crippen molar-refractivity contribution in [1.29, 1.82) is 0 Å². The molecular weight excluding hydrogens is 436 g/mol. The van der Waals surface area contributed by atoms with Gasteiger partial charge in [0.05, 0.1) is 20.9 Å². The number of aromatic nitrogens is 1. The number of carbonyl (C=O) groups excluding carboxylic acids is 2. The largest absolute Gasteiger partial charge is 0.359 e. The smallest absolute Gasteiger partial charge is 0.227 e. The summed E-state index contributed by atoms with van der Waals surface area (Å²) in [6, 6.07) is 30.8. The quantitative estimate of drug-likeness (QED) is 0.163. The summed E-state index contributed by atoms with van der Waals surface area (Å²) in [7, 11) is 1.53. The molecule has 1 amide bonds. The molecule has 0 saturated heterocycles. The first-order chi connectivity index (χ1) is 15.6. The zero-order valence-corrected chi connectivity index (χ0v) is 19.2. The number of hydrogen-bond acceptors (Lipinski definition) is 5. The highest BCUT2D eigenvalue weighted by Gasteiger charge is 2.39. The van der Waals surface area contributed by atoms with E-state index in [0.717, 1.165) is 20.9 Å². The average Bonchev–Trinajstić information content (AvgIpc) is 3.32. The van der Waals surface area contributed by atoms with Crippen LogP contribution in [0.25, 0.3) is 0 Å². The van der Waals surface area contributed by atoms with Gasteiger partial charge in [0.15, 0.2) is 5.78 Å². The molecule has 1 N–H and O–H groups in total. The number of ketones is 1. The molecule has 0 spiro atoms. The molecule has 1 heterocycles. The minimum absolute atomic E-state index is 0.219. The van der Waals surface area contributed by atoms with E-state index in [1.54, 1.807) is 17.3 Å². The highest BCUT2D eigenvalue weighted by Crippen LogP contribution is 2.53. The number of nitrogens with zero attached hydrogens (tertiary/aromatic N) is 1. The number of Topliss-reactive ketones (excluding diaryl/α,β-unsaturated/α-hetero) is 1. The number of benzene rings is 3. The standard InChI is InChI=1S/C26H22N2O2S2/c1-27-23(30)17-22(29)24-25(31-18-28-24)32-26(19-11-5-2-6-12-19,20-13-7-3-8-14-20)21-15-9-4-10-16-21/h2-16,18H,17H2,1H3,(H,27,30). The molecule has 0 aliphatic carbocycles. The molecule has 4 nitrogen and oxygen atoms in total. The van der Waals surface area contributed by atoms with E-state index in [4.69, 9.17) is 0 Å². The fraction of sp³-hybridized carbons (Fsp3) is 0.115. The number of thioether (sulfide) groups is 1. The van der Waals surface area contributed by atoms with Crippen LogP contribution in [-0.4, -0.2) is 23.7 Å². The first-order valence-corrected chi connectivity index (χ1v) is 11.9. The van der Waals surface area contributed by atoms with Crippen LogP contribution in [0.15, 0.2) is 101 Å². The van der Waals surface area contributed by atoms with Crippen LogP contribution in [0, 0.1) is 0 Å². The monoisotopic (exact) mass is 458 g/mol. The predicted molar refractivity (Wildman–Crippen MR) is 130 cm³/mol. The van der Waals surface area contributed by atoms with Crippen LogP contribution >= 0.6 is 23.1 Å². The number of amides is 1. The summed E-state index contributed by atoms with van der Waals surface area (Å²) in [5, 5.41) is 2.51. The highest BCUT2D eigenvalue weighted by atomic mass is 32.2. The van der Waals surface area contributed by atoms with Crippen molar-refractivity contribution in [2.24, 2.45) is 0 Å². The number of rotatable bonds is 8. The summed E-state index contributed by atoms with van der Waals surface area (Å²) >= 11 is 3.02. The van der Waals surface area contributed by atoms with Gasteiger partial charge in [-0.05, 0) is 16.7 Å². The van der Waals surface area contributed by atoms with Crippen LogP contribution < -0.4 is 5.32 Å². The normalized spacial score (nSPS) is 11.2. The first-order valence-electron chi connectivity index (χ1n) is 10.2. The van der Waals surface area contributed by atoms with Gasteiger partial charge in [-0.25, -0.2) is 4.98 Å². The summed E-state index contributed by atoms with van der Waals surface area (Å²) in [5.41, 5.74) is 5.31. The summed E-state index contributed by atoms with van der Waals surface area (Å²) in [6.45, 7) is 0. The Kier molecular flexibility index (Phi) is 6.83. The lowest BCUT2D eigenvalue weighted by Crippen LogP contribution is -2.26. The summed E-state index contributed by atoms with van der Waals surface area (Å²) in [5.74, 6) is -0.601. The number of nitrogens with one attached hydrogen (secondary N) is 1. The van der Waals surface area contributed by atoms with E-state index in [1.165, 1.54) is 18.4 Å². The van der Waals surface area contributed by atoms with Crippen LogP contribution in [0.2, 0.25) is 0 Å². The van der Waals surface area contributed by atoms with Crippen LogP contribution in [0.4, 0.5) is 0 Å². The zero-order valence-electron chi connectivity index (χ0n) is 17.5.